The van der Waals surface area contributed by atoms with E-state index in [0.717, 1.165) is 11.1 Å². The zero-order valence-corrected chi connectivity index (χ0v) is 16.3. The number of rotatable bonds is 2. The molecule has 0 N–H and O–H groups in total. The number of nitrogens with zero attached hydrogens (tertiary/aromatic N) is 1. The average Bonchev–Trinajstić information content (AvgIpc) is 3.34. The van der Waals surface area contributed by atoms with E-state index in [9.17, 15) is 9.59 Å². The van der Waals surface area contributed by atoms with Gasteiger partial charge in [-0.1, -0.05) is 54.1 Å². The summed E-state index contributed by atoms with van der Waals surface area (Å²) in [4.78, 5) is 28.1. The smallest absolute Gasteiger partial charge is 0.238 e. The van der Waals surface area contributed by atoms with Crippen molar-refractivity contribution in [2.75, 3.05) is 4.90 Å². The summed E-state index contributed by atoms with van der Waals surface area (Å²) in [6, 6.07) is 16.1. The van der Waals surface area contributed by atoms with Crippen LogP contribution in [0.15, 0.2) is 66.3 Å². The van der Waals surface area contributed by atoms with Crippen molar-refractivity contribution in [3.63, 3.8) is 0 Å². The molecular formula is C25H23NO2. The molecule has 2 bridgehead atoms. The largest absolute Gasteiger partial charge is 0.274 e. The van der Waals surface area contributed by atoms with Gasteiger partial charge < -0.3 is 0 Å². The lowest BCUT2D eigenvalue weighted by Crippen LogP contribution is -2.33. The summed E-state index contributed by atoms with van der Waals surface area (Å²) in [6.07, 6.45) is 4.28. The Hall–Kier alpha value is -2.94. The Labute approximate surface area is 165 Å². The summed E-state index contributed by atoms with van der Waals surface area (Å²) in [5.41, 5.74) is 6.58. The standard InChI is InChI=1S/C25H23NO2/c1-14-9-10-18(13-15(14)2)26-24(27)22-19-11-12-20(23(22)25(26)28)21(19)16(3)17-7-5-4-6-8-17/h4-13,19-20,22-23H,1-3H3/t19-,20-,22-,23+/m1/s1. The Morgan fingerprint density at radius 2 is 1.43 bits per heavy atom. The number of amides is 2. The summed E-state index contributed by atoms with van der Waals surface area (Å²) in [7, 11) is 0. The first-order chi connectivity index (χ1) is 13.5. The molecule has 5 rings (SSSR count). The Kier molecular flexibility index (Phi) is 3.70. The quantitative estimate of drug-likeness (QED) is 0.568. The maximum absolute atomic E-state index is 13.3. The molecule has 0 aromatic heterocycles. The van der Waals surface area contributed by atoms with Crippen LogP contribution >= 0.6 is 0 Å². The molecule has 2 aliphatic carbocycles. The molecule has 0 spiro atoms. The fourth-order valence-corrected chi connectivity index (χ4v) is 5.24. The number of carbonyl (C=O) groups excluding carboxylic acids is 2. The van der Waals surface area contributed by atoms with Crippen molar-refractivity contribution in [1.29, 1.82) is 0 Å². The highest BCUT2D eigenvalue weighted by molar-refractivity contribution is 6.23. The third-order valence-electron chi connectivity index (χ3n) is 6.80. The molecule has 4 atom stereocenters. The zero-order valence-electron chi connectivity index (χ0n) is 16.3. The molecule has 2 aromatic rings. The Balaban J connectivity index is 1.55. The van der Waals surface area contributed by atoms with Crippen molar-refractivity contribution < 1.29 is 9.59 Å². The minimum Gasteiger partial charge on any atom is -0.274 e. The SMILES string of the molecule is CC(=C1[C@H]2C=C[C@H]1[C@H]1C(=O)N(c3ccc(C)c(C)c3)C(=O)[C@H]12)c1ccccc1. The number of imide groups is 1. The van der Waals surface area contributed by atoms with Crippen molar-refractivity contribution in [2.24, 2.45) is 23.7 Å². The molecule has 2 aromatic carbocycles. The van der Waals surface area contributed by atoms with Gasteiger partial charge in [-0.25, -0.2) is 4.90 Å². The van der Waals surface area contributed by atoms with Crippen LogP contribution < -0.4 is 4.90 Å². The fourth-order valence-electron chi connectivity index (χ4n) is 5.24. The second-order valence-corrected chi connectivity index (χ2v) is 8.21. The monoisotopic (exact) mass is 369 g/mol. The van der Waals surface area contributed by atoms with E-state index in [4.69, 9.17) is 0 Å². The molecule has 28 heavy (non-hydrogen) atoms. The molecule has 1 heterocycles. The zero-order chi connectivity index (χ0) is 19.6. The number of hydrogen-bond acceptors (Lipinski definition) is 2. The Bertz CT molecular complexity index is 1030. The van der Waals surface area contributed by atoms with E-state index in [1.165, 1.54) is 21.6 Å². The van der Waals surface area contributed by atoms with Gasteiger partial charge in [0.15, 0.2) is 0 Å². The first-order valence-electron chi connectivity index (χ1n) is 9.88. The van der Waals surface area contributed by atoms with Gasteiger partial charge in [0.05, 0.1) is 17.5 Å². The maximum atomic E-state index is 13.3. The minimum absolute atomic E-state index is 0.0307. The maximum Gasteiger partial charge on any atom is 0.238 e. The summed E-state index contributed by atoms with van der Waals surface area (Å²) in [5, 5.41) is 0. The van der Waals surface area contributed by atoms with Crippen LogP contribution in [0.1, 0.15) is 23.6 Å². The van der Waals surface area contributed by atoms with Gasteiger partial charge in [-0.05, 0) is 55.2 Å². The van der Waals surface area contributed by atoms with Crippen LogP contribution in [0.25, 0.3) is 5.57 Å². The van der Waals surface area contributed by atoms with Gasteiger partial charge in [-0.15, -0.1) is 0 Å². The Morgan fingerprint density at radius 3 is 2.00 bits per heavy atom. The summed E-state index contributed by atoms with van der Waals surface area (Å²) >= 11 is 0. The van der Waals surface area contributed by atoms with Crippen LogP contribution in [0.5, 0.6) is 0 Å². The molecule has 3 heteroatoms. The Morgan fingerprint density at radius 1 is 0.821 bits per heavy atom. The highest BCUT2D eigenvalue weighted by atomic mass is 16.2. The van der Waals surface area contributed by atoms with Crippen molar-refractivity contribution in [3.8, 4) is 0 Å². The molecule has 2 amide bonds. The molecule has 1 saturated heterocycles. The molecular weight excluding hydrogens is 346 g/mol. The van der Waals surface area contributed by atoms with Crippen molar-refractivity contribution in [2.45, 2.75) is 20.8 Å². The van der Waals surface area contributed by atoms with Gasteiger partial charge in [0, 0.05) is 11.8 Å². The van der Waals surface area contributed by atoms with Crippen LogP contribution in [-0.4, -0.2) is 11.8 Å². The average molecular weight is 369 g/mol. The van der Waals surface area contributed by atoms with E-state index >= 15 is 0 Å². The predicted molar refractivity (Wildman–Crippen MR) is 111 cm³/mol. The second-order valence-electron chi connectivity index (χ2n) is 8.21. The number of fused-ring (bicyclic) bond motifs is 5. The van der Waals surface area contributed by atoms with Gasteiger partial charge in [-0.3, -0.25) is 9.59 Å². The summed E-state index contributed by atoms with van der Waals surface area (Å²) in [6.45, 7) is 6.17. The number of aryl methyl sites for hydroxylation is 2. The van der Waals surface area contributed by atoms with E-state index in [2.05, 4.69) is 31.2 Å². The lowest BCUT2D eigenvalue weighted by Gasteiger charge is -2.20. The third kappa shape index (κ3) is 2.22. The second kappa shape index (κ2) is 6.03. The van der Waals surface area contributed by atoms with E-state index in [-0.39, 0.29) is 35.5 Å². The molecule has 1 saturated carbocycles. The van der Waals surface area contributed by atoms with Gasteiger partial charge in [0.1, 0.15) is 0 Å². The van der Waals surface area contributed by atoms with Crippen molar-refractivity contribution in [1.82, 2.24) is 0 Å². The van der Waals surface area contributed by atoms with E-state index in [1.54, 1.807) is 0 Å². The van der Waals surface area contributed by atoms with Crippen LogP contribution in [0.2, 0.25) is 0 Å². The number of hydrogen-bond donors (Lipinski definition) is 0. The molecule has 3 nitrogen and oxygen atoms in total. The summed E-state index contributed by atoms with van der Waals surface area (Å²) in [5.74, 6) is -0.566. The first-order valence-corrected chi connectivity index (χ1v) is 9.88. The molecule has 0 unspecified atom stereocenters. The highest BCUT2D eigenvalue weighted by Gasteiger charge is 2.62. The molecule has 2 fully saturated rings. The summed E-state index contributed by atoms with van der Waals surface area (Å²) < 4.78 is 0. The number of carbonyl (C=O) groups is 2. The number of allylic oxidation sites excluding steroid dienone is 4. The van der Waals surface area contributed by atoms with Gasteiger partial charge in [0.2, 0.25) is 11.8 Å². The van der Waals surface area contributed by atoms with E-state index in [0.29, 0.717) is 5.69 Å². The van der Waals surface area contributed by atoms with Crippen LogP contribution in [0.4, 0.5) is 5.69 Å². The lowest BCUT2D eigenvalue weighted by molar-refractivity contribution is -0.122. The topological polar surface area (TPSA) is 37.4 Å². The molecule has 1 aliphatic heterocycles. The van der Waals surface area contributed by atoms with E-state index in [1.807, 2.05) is 50.2 Å². The predicted octanol–water partition coefficient (Wildman–Crippen LogP) is 4.70. The molecule has 3 aliphatic rings. The third-order valence-corrected chi connectivity index (χ3v) is 6.80. The highest BCUT2D eigenvalue weighted by Crippen LogP contribution is 2.58. The van der Waals surface area contributed by atoms with Gasteiger partial charge in [0.25, 0.3) is 0 Å². The fraction of sp³-hybridized carbons (Fsp3) is 0.280. The van der Waals surface area contributed by atoms with E-state index < -0.39 is 0 Å². The first kappa shape index (κ1) is 17.2. The molecule has 140 valence electrons. The van der Waals surface area contributed by atoms with Gasteiger partial charge >= 0.3 is 0 Å². The lowest BCUT2D eigenvalue weighted by atomic mass is 9.85. The molecule has 0 radical (unpaired) electrons. The van der Waals surface area contributed by atoms with Crippen molar-refractivity contribution >= 4 is 23.1 Å². The van der Waals surface area contributed by atoms with Crippen LogP contribution in [0, 0.1) is 37.5 Å². The van der Waals surface area contributed by atoms with Crippen LogP contribution in [0.3, 0.4) is 0 Å². The van der Waals surface area contributed by atoms with Gasteiger partial charge in [-0.2, -0.15) is 0 Å². The van der Waals surface area contributed by atoms with Crippen molar-refractivity contribution in [3.05, 3.63) is 82.9 Å². The normalized spacial score (nSPS) is 29.6. The minimum atomic E-state index is -0.266. The number of anilines is 1. The van der Waals surface area contributed by atoms with Crippen LogP contribution in [-0.2, 0) is 9.59 Å². The number of benzene rings is 2.